The van der Waals surface area contributed by atoms with Crippen molar-refractivity contribution in [2.45, 2.75) is 25.8 Å². The van der Waals surface area contributed by atoms with Gasteiger partial charge >= 0.3 is 0 Å². The molecule has 0 fully saturated rings. The topological polar surface area (TPSA) is 97.6 Å². The SMILES string of the molecule is CC(C)c1cccc2nc(C(=O)N[C@H]3COc4cccc(F)c4NC3=O)nn12. The zero-order chi connectivity index (χ0) is 19.8. The Bertz CT molecular complexity index is 1080. The molecule has 1 atom stereocenters. The van der Waals surface area contributed by atoms with Gasteiger partial charge in [0.15, 0.2) is 11.5 Å². The minimum Gasteiger partial charge on any atom is -0.489 e. The highest BCUT2D eigenvalue weighted by molar-refractivity contribution is 6.01. The minimum atomic E-state index is -1.02. The Morgan fingerprint density at radius 1 is 1.32 bits per heavy atom. The van der Waals surface area contributed by atoms with Crippen molar-refractivity contribution in [3.63, 3.8) is 0 Å². The van der Waals surface area contributed by atoms with Crippen molar-refractivity contribution in [3.8, 4) is 5.75 Å². The third kappa shape index (κ3) is 3.15. The van der Waals surface area contributed by atoms with E-state index in [9.17, 15) is 14.0 Å². The fourth-order valence-corrected chi connectivity index (χ4v) is 2.99. The monoisotopic (exact) mass is 383 g/mol. The minimum absolute atomic E-state index is 0.0447. The van der Waals surface area contributed by atoms with E-state index in [0.29, 0.717) is 5.65 Å². The maximum atomic E-state index is 13.9. The van der Waals surface area contributed by atoms with Crippen LogP contribution in [-0.2, 0) is 4.79 Å². The summed E-state index contributed by atoms with van der Waals surface area (Å²) in [6.45, 7) is 3.89. The summed E-state index contributed by atoms with van der Waals surface area (Å²) in [6.07, 6.45) is 0. The Morgan fingerprint density at radius 3 is 2.89 bits per heavy atom. The first-order valence-corrected chi connectivity index (χ1v) is 8.83. The Kier molecular flexibility index (Phi) is 4.42. The summed E-state index contributed by atoms with van der Waals surface area (Å²) >= 11 is 0. The zero-order valence-electron chi connectivity index (χ0n) is 15.3. The van der Waals surface area contributed by atoms with Gasteiger partial charge in [-0.05, 0) is 30.2 Å². The number of carbonyl (C=O) groups excluding carboxylic acids is 2. The van der Waals surface area contributed by atoms with Gasteiger partial charge in [-0.1, -0.05) is 26.0 Å². The first kappa shape index (κ1) is 17.9. The Hall–Kier alpha value is -3.49. The second-order valence-corrected chi connectivity index (χ2v) is 6.75. The lowest BCUT2D eigenvalue weighted by atomic mass is 10.1. The number of anilines is 1. The van der Waals surface area contributed by atoms with Gasteiger partial charge in [-0.2, -0.15) is 0 Å². The first-order chi connectivity index (χ1) is 13.4. The summed E-state index contributed by atoms with van der Waals surface area (Å²) in [5, 5.41) is 9.26. The molecule has 8 nitrogen and oxygen atoms in total. The van der Waals surface area contributed by atoms with E-state index < -0.39 is 23.7 Å². The van der Waals surface area contributed by atoms with Gasteiger partial charge in [0.05, 0.1) is 0 Å². The number of halogens is 1. The largest absolute Gasteiger partial charge is 0.489 e. The van der Waals surface area contributed by atoms with Crippen LogP contribution in [0.25, 0.3) is 5.65 Å². The lowest BCUT2D eigenvalue weighted by Gasteiger charge is -2.13. The Morgan fingerprint density at radius 2 is 2.11 bits per heavy atom. The average molecular weight is 383 g/mol. The highest BCUT2D eigenvalue weighted by Crippen LogP contribution is 2.29. The van der Waals surface area contributed by atoms with Crippen LogP contribution < -0.4 is 15.4 Å². The number of benzene rings is 1. The number of nitrogens with zero attached hydrogens (tertiary/aromatic N) is 3. The molecular weight excluding hydrogens is 365 g/mol. The molecule has 2 N–H and O–H groups in total. The molecule has 144 valence electrons. The highest BCUT2D eigenvalue weighted by atomic mass is 19.1. The molecule has 0 bridgehead atoms. The molecule has 1 aromatic carbocycles. The standard InChI is InChI=1S/C19H18FN5O3/c1-10(2)13-6-4-8-15-22-17(24-25(13)15)19(27)21-12-9-28-14-7-3-5-11(20)16(14)23-18(12)26/h3-8,10,12H,9H2,1-2H3,(H,21,27)(H,23,26)/t12-/m0/s1. The van der Waals surface area contributed by atoms with Crippen molar-refractivity contribution < 1.29 is 18.7 Å². The van der Waals surface area contributed by atoms with Crippen LogP contribution in [0.1, 0.15) is 36.1 Å². The van der Waals surface area contributed by atoms with E-state index >= 15 is 0 Å². The highest BCUT2D eigenvalue weighted by Gasteiger charge is 2.29. The van der Waals surface area contributed by atoms with Gasteiger partial charge < -0.3 is 15.4 Å². The van der Waals surface area contributed by atoms with Crippen LogP contribution in [0.2, 0.25) is 0 Å². The molecule has 28 heavy (non-hydrogen) atoms. The van der Waals surface area contributed by atoms with Crippen molar-refractivity contribution in [3.05, 3.63) is 53.7 Å². The molecule has 2 amide bonds. The van der Waals surface area contributed by atoms with Crippen molar-refractivity contribution >= 4 is 23.1 Å². The van der Waals surface area contributed by atoms with Gasteiger partial charge in [0.25, 0.3) is 11.8 Å². The van der Waals surface area contributed by atoms with Crippen LogP contribution in [0.4, 0.5) is 10.1 Å². The van der Waals surface area contributed by atoms with Crippen LogP contribution in [0.15, 0.2) is 36.4 Å². The normalized spacial score (nSPS) is 16.3. The average Bonchev–Trinajstić information content (AvgIpc) is 3.04. The Labute approximate surface area is 159 Å². The number of fused-ring (bicyclic) bond motifs is 2. The molecule has 0 saturated carbocycles. The van der Waals surface area contributed by atoms with Crippen molar-refractivity contribution in [1.29, 1.82) is 0 Å². The maximum Gasteiger partial charge on any atom is 0.291 e. The number of hydrogen-bond donors (Lipinski definition) is 2. The number of hydrogen-bond acceptors (Lipinski definition) is 5. The van der Waals surface area contributed by atoms with Crippen LogP contribution in [-0.4, -0.2) is 39.1 Å². The molecule has 0 saturated heterocycles. The van der Waals surface area contributed by atoms with Gasteiger partial charge in [-0.25, -0.2) is 13.9 Å². The smallest absolute Gasteiger partial charge is 0.291 e. The molecule has 4 rings (SSSR count). The molecule has 0 aliphatic carbocycles. The van der Waals surface area contributed by atoms with Crippen LogP contribution in [0.3, 0.4) is 0 Å². The third-order valence-electron chi connectivity index (χ3n) is 4.43. The number of aromatic nitrogens is 3. The van der Waals surface area contributed by atoms with Gasteiger partial charge in [-0.15, -0.1) is 5.10 Å². The lowest BCUT2D eigenvalue weighted by Crippen LogP contribution is -2.46. The van der Waals surface area contributed by atoms with E-state index in [2.05, 4.69) is 20.7 Å². The van der Waals surface area contributed by atoms with Crippen LogP contribution in [0.5, 0.6) is 5.75 Å². The lowest BCUT2D eigenvalue weighted by molar-refractivity contribution is -0.118. The zero-order valence-corrected chi connectivity index (χ0v) is 15.3. The first-order valence-electron chi connectivity index (χ1n) is 8.83. The van der Waals surface area contributed by atoms with E-state index in [1.807, 2.05) is 26.0 Å². The fraction of sp³-hybridized carbons (Fsp3) is 0.263. The second kappa shape index (κ2) is 6.91. The molecule has 1 aliphatic rings. The summed E-state index contributed by atoms with van der Waals surface area (Å²) in [5.74, 6) is -1.47. The summed E-state index contributed by atoms with van der Waals surface area (Å²) in [5.41, 5.74) is 1.40. The van der Waals surface area contributed by atoms with Crippen LogP contribution in [0, 0.1) is 5.82 Å². The van der Waals surface area contributed by atoms with Gasteiger partial charge in [-0.3, -0.25) is 9.59 Å². The summed E-state index contributed by atoms with van der Waals surface area (Å²) in [7, 11) is 0. The molecular formula is C19H18FN5O3. The maximum absolute atomic E-state index is 13.9. The molecule has 0 unspecified atom stereocenters. The van der Waals surface area contributed by atoms with Gasteiger partial charge in [0, 0.05) is 5.69 Å². The van der Waals surface area contributed by atoms with E-state index in [4.69, 9.17) is 4.74 Å². The number of nitrogens with one attached hydrogen (secondary N) is 2. The third-order valence-corrected chi connectivity index (χ3v) is 4.43. The second-order valence-electron chi connectivity index (χ2n) is 6.75. The number of rotatable bonds is 3. The number of pyridine rings is 1. The van der Waals surface area contributed by atoms with Crippen LogP contribution >= 0.6 is 0 Å². The number of carbonyl (C=O) groups is 2. The van der Waals surface area contributed by atoms with Gasteiger partial charge in [0.2, 0.25) is 5.82 Å². The number of ether oxygens (including phenoxy) is 1. The van der Waals surface area contributed by atoms with Crippen molar-refractivity contribution in [2.75, 3.05) is 11.9 Å². The number of para-hydroxylation sites is 1. The number of amides is 2. The predicted octanol–water partition coefficient (Wildman–Crippen LogP) is 2.12. The molecule has 2 aromatic heterocycles. The van der Waals surface area contributed by atoms with E-state index in [1.54, 1.807) is 16.6 Å². The predicted molar refractivity (Wildman–Crippen MR) is 98.9 cm³/mol. The molecule has 1 aliphatic heterocycles. The molecule has 3 heterocycles. The molecule has 0 radical (unpaired) electrons. The summed E-state index contributed by atoms with van der Waals surface area (Å²) in [4.78, 5) is 29.2. The van der Waals surface area contributed by atoms with Crippen molar-refractivity contribution in [2.24, 2.45) is 0 Å². The molecule has 3 aromatic rings. The van der Waals surface area contributed by atoms with E-state index in [-0.39, 0.29) is 29.8 Å². The quantitative estimate of drug-likeness (QED) is 0.722. The fourth-order valence-electron chi connectivity index (χ4n) is 2.99. The molecule has 9 heteroatoms. The summed E-state index contributed by atoms with van der Waals surface area (Å²) in [6, 6.07) is 8.72. The van der Waals surface area contributed by atoms with Gasteiger partial charge in [0.1, 0.15) is 24.1 Å². The Balaban J connectivity index is 1.56. The summed E-state index contributed by atoms with van der Waals surface area (Å²) < 4.78 is 21.0. The molecule has 0 spiro atoms. The van der Waals surface area contributed by atoms with E-state index in [1.165, 1.54) is 12.1 Å². The van der Waals surface area contributed by atoms with Crippen molar-refractivity contribution in [1.82, 2.24) is 19.9 Å². The van der Waals surface area contributed by atoms with E-state index in [0.717, 1.165) is 5.69 Å².